The smallest absolute Gasteiger partial charge is 0.415 e. The van der Waals surface area contributed by atoms with Crippen LogP contribution in [0.4, 0.5) is 16.2 Å². The maximum absolute atomic E-state index is 12.7. The molecule has 0 radical (unpaired) electrons. The van der Waals surface area contributed by atoms with Crippen LogP contribution < -0.4 is 21.3 Å². The van der Waals surface area contributed by atoms with E-state index in [2.05, 4.69) is 10.6 Å². The van der Waals surface area contributed by atoms with Crippen LogP contribution >= 0.6 is 0 Å². The Morgan fingerprint density at radius 3 is 2.68 bits per heavy atom. The predicted octanol–water partition coefficient (Wildman–Crippen LogP) is 1.86. The van der Waals surface area contributed by atoms with Gasteiger partial charge in [-0.25, -0.2) is 4.79 Å². The Balaban J connectivity index is 1.81. The largest absolute Gasteiger partial charge is 0.444 e. The number of benzene rings is 2. The molecule has 8 nitrogen and oxygen atoms in total. The second-order valence-corrected chi connectivity index (χ2v) is 6.35. The number of hydrogen-bond donors (Lipinski definition) is 3. The molecule has 2 aromatic rings. The Labute approximate surface area is 162 Å². The lowest BCUT2D eigenvalue weighted by molar-refractivity contribution is -0.117. The first kappa shape index (κ1) is 19.4. The number of carbonyl (C=O) groups is 3. The van der Waals surface area contributed by atoms with Gasteiger partial charge in [0.05, 0.1) is 11.4 Å². The normalized spacial score (nSPS) is 15.4. The third-order valence-electron chi connectivity index (χ3n) is 4.37. The Morgan fingerprint density at radius 2 is 1.96 bits per heavy atom. The first-order valence-electron chi connectivity index (χ1n) is 8.94. The van der Waals surface area contributed by atoms with Crippen LogP contribution in [0.15, 0.2) is 48.5 Å². The van der Waals surface area contributed by atoms with E-state index in [0.717, 1.165) is 5.56 Å². The monoisotopic (exact) mass is 382 g/mol. The maximum Gasteiger partial charge on any atom is 0.415 e. The van der Waals surface area contributed by atoms with Gasteiger partial charge in [0.1, 0.15) is 12.6 Å². The topological polar surface area (TPSA) is 114 Å². The number of rotatable bonds is 5. The van der Waals surface area contributed by atoms with Gasteiger partial charge in [0, 0.05) is 18.7 Å². The summed E-state index contributed by atoms with van der Waals surface area (Å²) in [7, 11) is 0. The second kappa shape index (κ2) is 8.53. The quantitative estimate of drug-likeness (QED) is 0.730. The summed E-state index contributed by atoms with van der Waals surface area (Å²) in [5.41, 5.74) is 7.44. The Morgan fingerprint density at radius 1 is 1.21 bits per heavy atom. The SMILES string of the molecule is CC1C(=O)Nc2cc(C(=O)NCCN)ccc2N1C(=O)OCc1ccccc1. The van der Waals surface area contributed by atoms with Gasteiger partial charge in [-0.2, -0.15) is 0 Å². The van der Waals surface area contributed by atoms with Crippen molar-refractivity contribution in [3.63, 3.8) is 0 Å². The molecule has 0 aromatic heterocycles. The molecule has 2 aromatic carbocycles. The summed E-state index contributed by atoms with van der Waals surface area (Å²) in [6.45, 7) is 2.38. The van der Waals surface area contributed by atoms with Crippen LogP contribution in [-0.2, 0) is 16.1 Å². The number of amides is 3. The molecule has 146 valence electrons. The molecular formula is C20H22N4O4. The molecule has 1 heterocycles. The van der Waals surface area contributed by atoms with Crippen LogP contribution in [0, 0.1) is 0 Å². The van der Waals surface area contributed by atoms with Crippen LogP contribution in [-0.4, -0.2) is 37.0 Å². The van der Waals surface area contributed by atoms with Crippen LogP contribution in [0.25, 0.3) is 0 Å². The van der Waals surface area contributed by atoms with Gasteiger partial charge in [-0.1, -0.05) is 30.3 Å². The molecule has 3 amide bonds. The highest BCUT2D eigenvalue weighted by Crippen LogP contribution is 2.33. The van der Waals surface area contributed by atoms with E-state index in [9.17, 15) is 14.4 Å². The summed E-state index contributed by atoms with van der Waals surface area (Å²) >= 11 is 0. The highest BCUT2D eigenvalue weighted by Gasteiger charge is 2.35. The number of fused-ring (bicyclic) bond motifs is 1. The first-order chi connectivity index (χ1) is 13.5. The Hall–Kier alpha value is -3.39. The highest BCUT2D eigenvalue weighted by atomic mass is 16.6. The zero-order chi connectivity index (χ0) is 20.1. The van der Waals surface area contributed by atoms with Crippen LogP contribution in [0.1, 0.15) is 22.8 Å². The van der Waals surface area contributed by atoms with Crippen LogP contribution in [0.5, 0.6) is 0 Å². The lowest BCUT2D eigenvalue weighted by Gasteiger charge is -2.33. The lowest BCUT2D eigenvalue weighted by Crippen LogP contribution is -2.49. The molecule has 3 rings (SSSR count). The second-order valence-electron chi connectivity index (χ2n) is 6.35. The average molecular weight is 382 g/mol. The number of nitrogens with one attached hydrogen (secondary N) is 2. The van der Waals surface area contributed by atoms with E-state index in [1.807, 2.05) is 30.3 Å². The fraction of sp³-hybridized carbons (Fsp3) is 0.250. The molecule has 0 bridgehead atoms. The Kier molecular flexibility index (Phi) is 5.90. The van der Waals surface area contributed by atoms with Gasteiger partial charge in [0.25, 0.3) is 5.91 Å². The maximum atomic E-state index is 12.7. The molecule has 4 N–H and O–H groups in total. The fourth-order valence-electron chi connectivity index (χ4n) is 2.88. The predicted molar refractivity (Wildman–Crippen MR) is 105 cm³/mol. The minimum Gasteiger partial charge on any atom is -0.444 e. The first-order valence-corrected chi connectivity index (χ1v) is 8.94. The van der Waals surface area contributed by atoms with E-state index in [1.54, 1.807) is 19.1 Å². The molecule has 0 saturated heterocycles. The van der Waals surface area contributed by atoms with Crippen LogP contribution in [0.3, 0.4) is 0 Å². The van der Waals surface area contributed by atoms with Crippen molar-refractivity contribution in [1.82, 2.24) is 5.32 Å². The van der Waals surface area contributed by atoms with Gasteiger partial charge in [-0.05, 0) is 30.7 Å². The lowest BCUT2D eigenvalue weighted by atomic mass is 10.1. The third kappa shape index (κ3) is 4.12. The molecule has 28 heavy (non-hydrogen) atoms. The van der Waals surface area contributed by atoms with Gasteiger partial charge in [-0.15, -0.1) is 0 Å². The molecule has 1 unspecified atom stereocenters. The van der Waals surface area contributed by atoms with Gasteiger partial charge >= 0.3 is 6.09 Å². The van der Waals surface area contributed by atoms with Crippen molar-refractivity contribution in [2.24, 2.45) is 5.73 Å². The van der Waals surface area contributed by atoms with Crippen molar-refractivity contribution in [3.05, 3.63) is 59.7 Å². The molecule has 0 fully saturated rings. The number of anilines is 2. The molecule has 1 aliphatic heterocycles. The molecule has 0 spiro atoms. The minimum atomic E-state index is -0.743. The molecule has 0 saturated carbocycles. The van der Waals surface area contributed by atoms with Crippen molar-refractivity contribution >= 4 is 29.3 Å². The van der Waals surface area contributed by atoms with Crippen molar-refractivity contribution in [2.75, 3.05) is 23.3 Å². The molecule has 0 aliphatic carbocycles. The minimum absolute atomic E-state index is 0.0967. The summed E-state index contributed by atoms with van der Waals surface area (Å²) in [5, 5.41) is 5.39. The van der Waals surface area contributed by atoms with Gasteiger partial charge < -0.3 is 21.1 Å². The average Bonchev–Trinajstić information content (AvgIpc) is 2.71. The van der Waals surface area contributed by atoms with E-state index in [-0.39, 0.29) is 18.4 Å². The summed E-state index contributed by atoms with van der Waals surface area (Å²) in [5.74, 6) is -0.664. The van der Waals surface area contributed by atoms with E-state index >= 15 is 0 Å². The number of carbonyl (C=O) groups excluding carboxylic acids is 3. The molecule has 8 heteroatoms. The van der Waals surface area contributed by atoms with Gasteiger partial charge in [0.2, 0.25) is 5.91 Å². The number of hydrogen-bond acceptors (Lipinski definition) is 5. The van der Waals surface area contributed by atoms with Crippen LogP contribution in [0.2, 0.25) is 0 Å². The van der Waals surface area contributed by atoms with Gasteiger partial charge in [0.15, 0.2) is 0 Å². The van der Waals surface area contributed by atoms with E-state index in [0.29, 0.717) is 30.0 Å². The van der Waals surface area contributed by atoms with Crippen molar-refractivity contribution in [3.8, 4) is 0 Å². The van der Waals surface area contributed by atoms with E-state index in [1.165, 1.54) is 11.0 Å². The highest BCUT2D eigenvalue weighted by molar-refractivity contribution is 6.11. The summed E-state index contributed by atoms with van der Waals surface area (Å²) in [6, 6.07) is 13.3. The summed E-state index contributed by atoms with van der Waals surface area (Å²) in [6.07, 6.45) is -0.632. The molecular weight excluding hydrogens is 360 g/mol. The number of ether oxygens (including phenoxy) is 1. The van der Waals surface area contributed by atoms with Crippen molar-refractivity contribution < 1.29 is 19.1 Å². The number of nitrogens with two attached hydrogens (primary N) is 1. The van der Waals surface area contributed by atoms with Crippen molar-refractivity contribution in [1.29, 1.82) is 0 Å². The molecule has 1 atom stereocenters. The summed E-state index contributed by atoms with van der Waals surface area (Å²) in [4.78, 5) is 38.4. The van der Waals surface area contributed by atoms with E-state index < -0.39 is 12.1 Å². The number of nitrogens with zero attached hydrogens (tertiary/aromatic N) is 1. The molecule has 1 aliphatic rings. The van der Waals surface area contributed by atoms with Crippen molar-refractivity contribution in [2.45, 2.75) is 19.6 Å². The summed E-state index contributed by atoms with van der Waals surface area (Å²) < 4.78 is 5.39. The standard InChI is InChI=1S/C20H22N4O4/c1-13-18(25)23-16-11-15(19(26)22-10-9-21)7-8-17(16)24(13)20(27)28-12-14-5-3-2-4-6-14/h2-8,11,13H,9-10,12,21H2,1H3,(H,22,26)(H,23,25). The zero-order valence-electron chi connectivity index (χ0n) is 15.5. The third-order valence-corrected chi connectivity index (χ3v) is 4.37. The Bertz CT molecular complexity index is 885. The zero-order valence-corrected chi connectivity index (χ0v) is 15.5. The fourth-order valence-corrected chi connectivity index (χ4v) is 2.88. The van der Waals surface area contributed by atoms with E-state index in [4.69, 9.17) is 10.5 Å². The van der Waals surface area contributed by atoms with Gasteiger partial charge in [-0.3, -0.25) is 14.5 Å².